The zero-order chi connectivity index (χ0) is 31.6. The lowest BCUT2D eigenvalue weighted by molar-refractivity contribution is 1.62. The van der Waals surface area contributed by atoms with E-state index < -0.39 is 0 Å². The fraction of sp³-hybridized carbons (Fsp3) is 0. The van der Waals surface area contributed by atoms with E-state index in [0.29, 0.717) is 0 Å². The van der Waals surface area contributed by atoms with Crippen LogP contribution in [0.4, 0.5) is 0 Å². The van der Waals surface area contributed by atoms with Crippen LogP contribution in [0.1, 0.15) is 0 Å². The molecule has 0 radical (unpaired) electrons. The summed E-state index contributed by atoms with van der Waals surface area (Å²) in [5.74, 6) is 0. The molecule has 0 saturated heterocycles. The van der Waals surface area contributed by atoms with Gasteiger partial charge in [0.1, 0.15) is 0 Å². The average molecular weight is 607 g/mol. The van der Waals surface area contributed by atoms with Crippen molar-refractivity contribution in [1.82, 2.24) is 0 Å². The number of hydrogen-bond acceptors (Lipinski definition) is 0. The van der Waals surface area contributed by atoms with Crippen molar-refractivity contribution >= 4 is 32.3 Å². The molecule has 0 bridgehead atoms. The van der Waals surface area contributed by atoms with E-state index in [9.17, 15) is 0 Å². The molecule has 0 atom stereocenters. The van der Waals surface area contributed by atoms with Crippen LogP contribution in [-0.2, 0) is 0 Å². The summed E-state index contributed by atoms with van der Waals surface area (Å²) in [7, 11) is 0. The van der Waals surface area contributed by atoms with Gasteiger partial charge in [-0.15, -0.1) is 0 Å². The van der Waals surface area contributed by atoms with E-state index in [1.54, 1.807) is 0 Å². The lowest BCUT2D eigenvalue weighted by atomic mass is 9.82. The van der Waals surface area contributed by atoms with Gasteiger partial charge in [-0.25, -0.2) is 0 Å². The Morgan fingerprint density at radius 2 is 0.667 bits per heavy atom. The molecule has 0 fully saturated rings. The Bertz CT molecular complexity index is 2590. The third kappa shape index (κ3) is 3.96. The van der Waals surface area contributed by atoms with Crippen molar-refractivity contribution in [3.63, 3.8) is 0 Å². The molecule has 0 heterocycles. The van der Waals surface area contributed by atoms with Gasteiger partial charge in [-0.2, -0.15) is 0 Å². The van der Waals surface area contributed by atoms with Gasteiger partial charge in [0.05, 0.1) is 0 Å². The Morgan fingerprint density at radius 1 is 0.229 bits per heavy atom. The van der Waals surface area contributed by atoms with Crippen LogP contribution < -0.4 is 0 Å². The summed E-state index contributed by atoms with van der Waals surface area (Å²) in [5, 5.41) is 7.70. The molecule has 9 aromatic carbocycles. The molecule has 0 nitrogen and oxygen atoms in total. The summed E-state index contributed by atoms with van der Waals surface area (Å²) < 4.78 is 0. The van der Waals surface area contributed by atoms with Gasteiger partial charge < -0.3 is 0 Å². The zero-order valence-electron chi connectivity index (χ0n) is 26.3. The number of benzene rings is 9. The molecule has 1 aliphatic rings. The fourth-order valence-corrected chi connectivity index (χ4v) is 8.16. The Balaban J connectivity index is 1.35. The zero-order valence-corrected chi connectivity index (χ0v) is 26.3. The van der Waals surface area contributed by atoms with E-state index in [1.165, 1.54) is 99.1 Å². The maximum absolute atomic E-state index is 2.40. The number of rotatable bonds is 4. The van der Waals surface area contributed by atoms with Gasteiger partial charge in [0.2, 0.25) is 0 Å². The van der Waals surface area contributed by atoms with Crippen LogP contribution in [-0.4, -0.2) is 0 Å². The van der Waals surface area contributed by atoms with Gasteiger partial charge in [0, 0.05) is 0 Å². The van der Waals surface area contributed by atoms with Crippen LogP contribution in [0, 0.1) is 0 Å². The number of hydrogen-bond donors (Lipinski definition) is 0. The van der Waals surface area contributed by atoms with Crippen LogP contribution in [0.5, 0.6) is 0 Å². The lowest BCUT2D eigenvalue weighted by Crippen LogP contribution is -1.93. The molecule has 0 aliphatic heterocycles. The van der Waals surface area contributed by atoms with E-state index in [0.717, 1.165) is 0 Å². The minimum Gasteiger partial charge on any atom is -0.0622 e. The first kappa shape index (κ1) is 26.9. The van der Waals surface area contributed by atoms with Gasteiger partial charge in [0.15, 0.2) is 0 Å². The molecule has 48 heavy (non-hydrogen) atoms. The van der Waals surface area contributed by atoms with Crippen molar-refractivity contribution < 1.29 is 0 Å². The molecule has 0 spiro atoms. The summed E-state index contributed by atoms with van der Waals surface area (Å²) in [5.41, 5.74) is 15.4. The van der Waals surface area contributed by atoms with Crippen LogP contribution in [0.3, 0.4) is 0 Å². The molecule has 0 saturated carbocycles. The van der Waals surface area contributed by atoms with Crippen LogP contribution in [0.25, 0.3) is 99.1 Å². The Labute approximate surface area is 280 Å². The third-order valence-corrected chi connectivity index (χ3v) is 10.2. The SMILES string of the molecule is c1ccc(-c2cc3ccccc3cc2-c2ccc3c4c(cccc24)-c2c-3c(-c3ccccc3)c3ccccc3c2-c2ccccc2)cc1. The first-order valence-electron chi connectivity index (χ1n) is 16.7. The Kier molecular flexibility index (Phi) is 5.98. The average Bonchev–Trinajstić information content (AvgIpc) is 3.49. The quantitative estimate of drug-likeness (QED) is 0.187. The van der Waals surface area contributed by atoms with Crippen molar-refractivity contribution in [1.29, 1.82) is 0 Å². The molecule has 9 aromatic rings. The second-order valence-electron chi connectivity index (χ2n) is 12.8. The van der Waals surface area contributed by atoms with Crippen LogP contribution >= 0.6 is 0 Å². The summed E-state index contributed by atoms with van der Waals surface area (Å²) in [4.78, 5) is 0. The van der Waals surface area contributed by atoms with Crippen molar-refractivity contribution in [3.05, 3.63) is 182 Å². The molecule has 0 unspecified atom stereocenters. The molecule has 0 amide bonds. The van der Waals surface area contributed by atoms with E-state index in [-0.39, 0.29) is 0 Å². The van der Waals surface area contributed by atoms with E-state index >= 15 is 0 Å². The highest BCUT2D eigenvalue weighted by molar-refractivity contribution is 6.29. The van der Waals surface area contributed by atoms with Crippen LogP contribution in [0.15, 0.2) is 182 Å². The smallest absolute Gasteiger partial charge is 0.000741 e. The fourth-order valence-electron chi connectivity index (χ4n) is 8.16. The minimum absolute atomic E-state index is 1.23. The molecular formula is C48H30. The normalized spacial score (nSPS) is 11.8. The van der Waals surface area contributed by atoms with Crippen molar-refractivity contribution in [2.24, 2.45) is 0 Å². The standard InChI is InChI=1S/C48H30/c1-4-15-31(16-5-1)42-29-34-21-10-11-22-35(34)30-43(42)36-27-28-41-46-37(36)25-14-26-40(46)47-44(32-17-6-2-7-18-32)38-23-12-13-24-39(38)45(48(41)47)33-19-8-3-9-20-33/h1-30H. The van der Waals surface area contributed by atoms with E-state index in [1.807, 2.05) is 0 Å². The molecule has 0 heteroatoms. The van der Waals surface area contributed by atoms with E-state index in [4.69, 9.17) is 0 Å². The topological polar surface area (TPSA) is 0 Å². The summed E-state index contributed by atoms with van der Waals surface area (Å²) >= 11 is 0. The summed E-state index contributed by atoms with van der Waals surface area (Å²) in [6.07, 6.45) is 0. The van der Waals surface area contributed by atoms with Crippen molar-refractivity contribution in [3.8, 4) is 66.8 Å². The molecule has 222 valence electrons. The lowest BCUT2D eigenvalue weighted by Gasteiger charge is -2.20. The predicted molar refractivity (Wildman–Crippen MR) is 205 cm³/mol. The van der Waals surface area contributed by atoms with Gasteiger partial charge in [-0.1, -0.05) is 170 Å². The van der Waals surface area contributed by atoms with Crippen molar-refractivity contribution in [2.75, 3.05) is 0 Å². The first-order valence-corrected chi connectivity index (χ1v) is 16.7. The highest BCUT2D eigenvalue weighted by Gasteiger charge is 2.31. The second kappa shape index (κ2) is 10.7. The maximum atomic E-state index is 2.40. The minimum atomic E-state index is 1.23. The Hall–Kier alpha value is -6.24. The predicted octanol–water partition coefficient (Wildman–Crippen LogP) is 13.5. The van der Waals surface area contributed by atoms with Crippen LogP contribution in [0.2, 0.25) is 0 Å². The first-order chi connectivity index (χ1) is 23.8. The summed E-state index contributed by atoms with van der Waals surface area (Å²) in [6, 6.07) is 66.9. The van der Waals surface area contributed by atoms with Gasteiger partial charge >= 0.3 is 0 Å². The van der Waals surface area contributed by atoms with Crippen molar-refractivity contribution in [2.45, 2.75) is 0 Å². The molecule has 1 aliphatic carbocycles. The van der Waals surface area contributed by atoms with E-state index in [2.05, 4.69) is 182 Å². The van der Waals surface area contributed by atoms with Gasteiger partial charge in [-0.3, -0.25) is 0 Å². The Morgan fingerprint density at radius 3 is 1.25 bits per heavy atom. The third-order valence-electron chi connectivity index (χ3n) is 10.2. The molecule has 0 aromatic heterocycles. The molecule has 0 N–H and O–H groups in total. The highest BCUT2D eigenvalue weighted by Crippen LogP contribution is 2.58. The molecule has 10 rings (SSSR count). The number of fused-ring (bicyclic) bond motifs is 5. The van der Waals surface area contributed by atoms with Gasteiger partial charge in [0.25, 0.3) is 0 Å². The molecular weight excluding hydrogens is 577 g/mol. The largest absolute Gasteiger partial charge is 0.0622 e. The maximum Gasteiger partial charge on any atom is -0.000741 e. The highest BCUT2D eigenvalue weighted by atomic mass is 14.3. The van der Waals surface area contributed by atoms with Gasteiger partial charge in [-0.05, 0) is 111 Å². The monoisotopic (exact) mass is 606 g/mol. The second-order valence-corrected chi connectivity index (χ2v) is 12.8. The summed E-state index contributed by atoms with van der Waals surface area (Å²) in [6.45, 7) is 0.